The second kappa shape index (κ2) is 9.84. The number of benzene rings is 1. The Morgan fingerprint density at radius 1 is 1.42 bits per heavy atom. The van der Waals surface area contributed by atoms with Crippen LogP contribution in [0.5, 0.6) is 5.75 Å². The lowest BCUT2D eigenvalue weighted by atomic mass is 9.91. The van der Waals surface area contributed by atoms with Gasteiger partial charge in [-0.2, -0.15) is 0 Å². The van der Waals surface area contributed by atoms with Crippen molar-refractivity contribution in [3.05, 3.63) is 51.9 Å². The lowest BCUT2D eigenvalue weighted by molar-refractivity contribution is 0.0262. The minimum absolute atomic E-state index is 0.0853. The number of nitrogens with zero attached hydrogens (tertiary/aromatic N) is 4. The average molecular weight is 520 g/mol. The number of anilines is 1. The number of aromatic nitrogens is 3. The van der Waals surface area contributed by atoms with Crippen molar-refractivity contribution in [2.75, 3.05) is 25.9 Å². The molecule has 11 heteroatoms. The normalized spacial score (nSPS) is 18.0. The van der Waals surface area contributed by atoms with Gasteiger partial charge in [-0.1, -0.05) is 11.6 Å². The number of nitrogens with two attached hydrogens (primary N) is 1. The fourth-order valence-corrected chi connectivity index (χ4v) is 4.90. The maximum Gasteiger partial charge on any atom is 0.260 e. The molecule has 2 atom stereocenters. The van der Waals surface area contributed by atoms with Gasteiger partial charge in [-0.25, -0.2) is 14.4 Å². The molecule has 3 aromatic rings. The van der Waals surface area contributed by atoms with Gasteiger partial charge in [0, 0.05) is 38.2 Å². The van der Waals surface area contributed by atoms with Crippen LogP contribution >= 0.6 is 11.6 Å². The van der Waals surface area contributed by atoms with Crippen molar-refractivity contribution in [2.24, 2.45) is 0 Å². The number of aryl methyl sites for hydroxylation is 1. The number of nitrogen functional groups attached to an aromatic ring is 1. The Kier molecular flexibility index (Phi) is 7.14. The molecule has 3 N–H and O–H groups in total. The van der Waals surface area contributed by atoms with Crippen LogP contribution in [0, 0.1) is 12.7 Å². The first-order chi connectivity index (χ1) is 17.0. The molecule has 1 aromatic carbocycles. The van der Waals surface area contributed by atoms with E-state index in [1.807, 2.05) is 0 Å². The van der Waals surface area contributed by atoms with Crippen LogP contribution in [0.15, 0.2) is 18.5 Å². The van der Waals surface area contributed by atoms with Crippen LogP contribution in [-0.2, 0) is 10.3 Å². The largest absolute Gasteiger partial charge is 0.490 e. The molecule has 1 aliphatic heterocycles. The molecule has 9 nitrogen and oxygen atoms in total. The number of fused-ring (bicyclic) bond motifs is 1. The fourth-order valence-electron chi connectivity index (χ4n) is 4.70. The summed E-state index contributed by atoms with van der Waals surface area (Å²) >= 11 is 6.31. The number of likely N-dealkylation sites (tertiary alicyclic amines) is 1. The number of halogens is 2. The van der Waals surface area contributed by atoms with Gasteiger partial charge in [-0.05, 0) is 46.6 Å². The Balaban J connectivity index is 1.93. The SMILES string of the molecule is CO[C@@H]1CCCN(C(=O)c2c(F)c(Cl)cc([C@](C)(O)c3nc(C)c4c(N)nccn34)c2OC(C)C)C1. The molecule has 36 heavy (non-hydrogen) atoms. The predicted molar refractivity (Wildman–Crippen MR) is 134 cm³/mol. The van der Waals surface area contributed by atoms with E-state index in [0.717, 1.165) is 6.42 Å². The summed E-state index contributed by atoms with van der Waals surface area (Å²) in [6.45, 7) is 7.49. The number of piperidine rings is 1. The molecule has 1 aliphatic rings. The standard InChI is InChI=1S/C25H31ClFN5O4/c1-13(2)36-21-16(25(4,34)24-30-14(3)20-22(28)29-8-10-32(20)24)11-17(26)19(27)18(21)23(33)31-9-6-7-15(12-31)35-5/h8,10-11,13,15,34H,6-7,9,12H2,1-5H3,(H2,28,29)/t15-,25+/m1/s1. The van der Waals surface area contributed by atoms with Gasteiger partial charge in [-0.15, -0.1) is 0 Å². The zero-order chi connectivity index (χ0) is 26.4. The molecule has 0 bridgehead atoms. The molecule has 4 rings (SSSR count). The third kappa shape index (κ3) is 4.49. The van der Waals surface area contributed by atoms with E-state index in [0.29, 0.717) is 30.7 Å². The summed E-state index contributed by atoms with van der Waals surface area (Å²) in [7, 11) is 1.58. The number of carbonyl (C=O) groups is 1. The van der Waals surface area contributed by atoms with E-state index in [9.17, 15) is 9.90 Å². The Hall–Kier alpha value is -2.95. The van der Waals surface area contributed by atoms with Crippen molar-refractivity contribution >= 4 is 28.8 Å². The third-order valence-electron chi connectivity index (χ3n) is 6.46. The third-order valence-corrected chi connectivity index (χ3v) is 6.73. The maximum atomic E-state index is 15.6. The van der Waals surface area contributed by atoms with Gasteiger partial charge in [0.15, 0.2) is 5.82 Å². The molecule has 194 valence electrons. The lowest BCUT2D eigenvalue weighted by Crippen LogP contribution is -2.43. The average Bonchev–Trinajstić information content (AvgIpc) is 3.19. The van der Waals surface area contributed by atoms with E-state index in [2.05, 4.69) is 9.97 Å². The predicted octanol–water partition coefficient (Wildman–Crippen LogP) is 3.71. The molecule has 1 fully saturated rings. The topological polar surface area (TPSA) is 115 Å². The van der Waals surface area contributed by atoms with E-state index in [-0.39, 0.29) is 39.6 Å². The fraction of sp³-hybridized carbons (Fsp3) is 0.480. The molecule has 0 saturated carbocycles. The zero-order valence-corrected chi connectivity index (χ0v) is 21.8. The number of carbonyl (C=O) groups excluding carboxylic acids is 1. The van der Waals surface area contributed by atoms with E-state index in [4.69, 9.17) is 26.8 Å². The van der Waals surface area contributed by atoms with Gasteiger partial charge in [-0.3, -0.25) is 9.20 Å². The highest BCUT2D eigenvalue weighted by Gasteiger charge is 2.40. The van der Waals surface area contributed by atoms with E-state index >= 15 is 4.39 Å². The number of hydrogen-bond donors (Lipinski definition) is 2. The number of amides is 1. The van der Waals surface area contributed by atoms with Gasteiger partial charge in [0.1, 0.15) is 34.1 Å². The molecule has 1 saturated heterocycles. The first kappa shape index (κ1) is 26.1. The Bertz CT molecular complexity index is 1310. The van der Waals surface area contributed by atoms with Crippen LogP contribution in [0.1, 0.15) is 61.1 Å². The number of hydrogen-bond acceptors (Lipinski definition) is 7. The Morgan fingerprint density at radius 2 is 2.14 bits per heavy atom. The van der Waals surface area contributed by atoms with Crippen LogP contribution in [0.2, 0.25) is 5.02 Å². The number of ether oxygens (including phenoxy) is 2. The molecular weight excluding hydrogens is 489 g/mol. The minimum atomic E-state index is -1.85. The van der Waals surface area contributed by atoms with Crippen molar-refractivity contribution in [3.8, 4) is 5.75 Å². The van der Waals surface area contributed by atoms with Crippen LogP contribution in [-0.4, -0.2) is 62.7 Å². The molecule has 0 spiro atoms. The van der Waals surface area contributed by atoms with Gasteiger partial charge < -0.3 is 25.2 Å². The molecule has 3 heterocycles. The molecule has 1 amide bonds. The summed E-state index contributed by atoms with van der Waals surface area (Å²) in [6.07, 6.45) is 4.04. The van der Waals surface area contributed by atoms with Gasteiger partial charge in [0.25, 0.3) is 5.91 Å². The first-order valence-electron chi connectivity index (χ1n) is 11.8. The van der Waals surface area contributed by atoms with Crippen molar-refractivity contribution < 1.29 is 23.8 Å². The van der Waals surface area contributed by atoms with Crippen molar-refractivity contribution in [1.82, 2.24) is 19.3 Å². The number of aliphatic hydroxyl groups is 1. The minimum Gasteiger partial charge on any atom is -0.490 e. The summed E-state index contributed by atoms with van der Waals surface area (Å²) in [5, 5.41) is 11.6. The van der Waals surface area contributed by atoms with Crippen molar-refractivity contribution in [3.63, 3.8) is 0 Å². The Morgan fingerprint density at radius 3 is 2.81 bits per heavy atom. The number of imidazole rings is 1. The van der Waals surface area contributed by atoms with Gasteiger partial charge in [0.05, 0.1) is 22.9 Å². The summed E-state index contributed by atoms with van der Waals surface area (Å²) < 4.78 is 28.6. The highest BCUT2D eigenvalue weighted by molar-refractivity contribution is 6.31. The molecule has 0 unspecified atom stereocenters. The van der Waals surface area contributed by atoms with Crippen molar-refractivity contribution in [2.45, 2.75) is 58.3 Å². The highest BCUT2D eigenvalue weighted by atomic mass is 35.5. The highest BCUT2D eigenvalue weighted by Crippen LogP contribution is 2.42. The van der Waals surface area contributed by atoms with Crippen molar-refractivity contribution in [1.29, 1.82) is 0 Å². The second-order valence-electron chi connectivity index (χ2n) is 9.47. The van der Waals surface area contributed by atoms with E-state index in [1.54, 1.807) is 38.5 Å². The molecule has 2 aromatic heterocycles. The van der Waals surface area contributed by atoms with E-state index in [1.165, 1.54) is 24.1 Å². The summed E-state index contributed by atoms with van der Waals surface area (Å²) in [4.78, 5) is 23.9. The summed E-state index contributed by atoms with van der Waals surface area (Å²) in [5.74, 6) is -1.14. The quantitative estimate of drug-likeness (QED) is 0.510. The summed E-state index contributed by atoms with van der Waals surface area (Å²) in [6, 6.07) is 1.28. The van der Waals surface area contributed by atoms with Crippen LogP contribution in [0.3, 0.4) is 0 Å². The number of methoxy groups -OCH3 is 1. The van der Waals surface area contributed by atoms with Gasteiger partial charge >= 0.3 is 0 Å². The Labute approximate surface area is 214 Å². The van der Waals surface area contributed by atoms with E-state index < -0.39 is 23.4 Å². The summed E-state index contributed by atoms with van der Waals surface area (Å²) in [5.41, 5.74) is 5.05. The lowest BCUT2D eigenvalue weighted by Gasteiger charge is -2.33. The maximum absolute atomic E-state index is 15.6. The first-order valence-corrected chi connectivity index (χ1v) is 12.2. The molecule has 0 aliphatic carbocycles. The van der Waals surface area contributed by atoms with Crippen LogP contribution in [0.25, 0.3) is 5.52 Å². The molecular formula is C25H31ClFN5O4. The zero-order valence-electron chi connectivity index (χ0n) is 21.0. The molecule has 0 radical (unpaired) electrons. The number of rotatable bonds is 6. The smallest absolute Gasteiger partial charge is 0.260 e. The van der Waals surface area contributed by atoms with Crippen LogP contribution in [0.4, 0.5) is 10.2 Å². The second-order valence-corrected chi connectivity index (χ2v) is 9.87. The van der Waals surface area contributed by atoms with Crippen LogP contribution < -0.4 is 10.5 Å². The monoisotopic (exact) mass is 519 g/mol. The van der Waals surface area contributed by atoms with Gasteiger partial charge in [0.2, 0.25) is 0 Å².